The second-order valence-electron chi connectivity index (χ2n) is 5.06. The van der Waals surface area contributed by atoms with Gasteiger partial charge in [0, 0.05) is 4.47 Å². The average Bonchev–Trinajstić information content (AvgIpc) is 2.46. The van der Waals surface area contributed by atoms with Crippen LogP contribution >= 0.6 is 15.9 Å². The number of nitrogens with one attached hydrogen (secondary N) is 1. The van der Waals surface area contributed by atoms with Crippen molar-refractivity contribution in [3.63, 3.8) is 0 Å². The number of carbonyl (C=O) groups is 2. The molecule has 2 aromatic rings. The van der Waals surface area contributed by atoms with E-state index in [2.05, 4.69) is 21.2 Å². The van der Waals surface area contributed by atoms with E-state index in [1.54, 1.807) is 12.1 Å². The van der Waals surface area contributed by atoms with Gasteiger partial charge in [0.25, 0.3) is 5.91 Å². The summed E-state index contributed by atoms with van der Waals surface area (Å²) in [5.74, 6) is -0.864. The van der Waals surface area contributed by atoms with Gasteiger partial charge < -0.3 is 15.2 Å². The van der Waals surface area contributed by atoms with Crippen LogP contribution in [0.3, 0.4) is 0 Å². The Morgan fingerprint density at radius 3 is 2.39 bits per heavy atom. The van der Waals surface area contributed by atoms with Gasteiger partial charge in [0.1, 0.15) is 5.75 Å². The van der Waals surface area contributed by atoms with E-state index in [9.17, 15) is 9.59 Å². The van der Waals surface area contributed by atoms with Crippen molar-refractivity contribution < 1.29 is 19.4 Å². The van der Waals surface area contributed by atoms with Crippen LogP contribution in [-0.4, -0.2) is 23.6 Å². The van der Waals surface area contributed by atoms with Crippen molar-refractivity contribution >= 4 is 33.5 Å². The maximum atomic E-state index is 12.0. The number of para-hydroxylation sites is 1. The first kappa shape index (κ1) is 17.0. The molecule has 0 fully saturated rings. The van der Waals surface area contributed by atoms with Crippen LogP contribution in [0.2, 0.25) is 0 Å². The molecule has 0 saturated heterocycles. The zero-order valence-corrected chi connectivity index (χ0v) is 14.3. The average molecular weight is 378 g/mol. The lowest BCUT2D eigenvalue weighted by molar-refractivity contribution is -0.118. The monoisotopic (exact) mass is 377 g/mol. The third-order valence-corrected chi connectivity index (χ3v) is 3.66. The summed E-state index contributed by atoms with van der Waals surface area (Å²) in [4.78, 5) is 23.1. The van der Waals surface area contributed by atoms with Crippen LogP contribution in [0.15, 0.2) is 40.9 Å². The van der Waals surface area contributed by atoms with Crippen molar-refractivity contribution in [2.45, 2.75) is 13.8 Å². The summed E-state index contributed by atoms with van der Waals surface area (Å²) in [6, 6.07) is 10.0. The predicted molar refractivity (Wildman–Crippen MR) is 91.1 cm³/mol. The van der Waals surface area contributed by atoms with Crippen molar-refractivity contribution in [2.75, 3.05) is 11.9 Å². The highest BCUT2D eigenvalue weighted by Crippen LogP contribution is 2.27. The summed E-state index contributed by atoms with van der Waals surface area (Å²) in [5.41, 5.74) is 2.11. The molecule has 0 radical (unpaired) electrons. The summed E-state index contributed by atoms with van der Waals surface area (Å²) in [5, 5.41) is 11.7. The van der Waals surface area contributed by atoms with Gasteiger partial charge in [0.05, 0.1) is 11.3 Å². The quantitative estimate of drug-likeness (QED) is 0.830. The normalized spacial score (nSPS) is 10.2. The number of rotatable bonds is 5. The summed E-state index contributed by atoms with van der Waals surface area (Å²) >= 11 is 3.40. The lowest BCUT2D eigenvalue weighted by Gasteiger charge is -2.13. The molecule has 5 nitrogen and oxygen atoms in total. The molecule has 0 aliphatic rings. The molecule has 0 heterocycles. The van der Waals surface area contributed by atoms with Gasteiger partial charge in [-0.1, -0.05) is 28.1 Å². The predicted octanol–water partition coefficient (Wildman–Crippen LogP) is 3.78. The number of ether oxygens (including phenoxy) is 1. The minimum atomic E-state index is -1.10. The van der Waals surface area contributed by atoms with E-state index >= 15 is 0 Å². The largest absolute Gasteiger partial charge is 0.483 e. The van der Waals surface area contributed by atoms with Crippen LogP contribution in [0.5, 0.6) is 5.75 Å². The first-order chi connectivity index (χ1) is 10.9. The van der Waals surface area contributed by atoms with Gasteiger partial charge in [-0.3, -0.25) is 4.79 Å². The molecule has 2 rings (SSSR count). The Bertz CT molecular complexity index is 735. The number of carboxylic acids is 1. The number of aromatic carboxylic acids is 1. The summed E-state index contributed by atoms with van der Waals surface area (Å²) in [6.45, 7) is 3.59. The number of carboxylic acid groups (broad SMARTS) is 1. The van der Waals surface area contributed by atoms with Crippen LogP contribution in [0.25, 0.3) is 0 Å². The van der Waals surface area contributed by atoms with Gasteiger partial charge in [0.15, 0.2) is 6.61 Å². The number of hydrogen-bond donors (Lipinski definition) is 2. The molecule has 0 spiro atoms. The van der Waals surface area contributed by atoms with Crippen LogP contribution < -0.4 is 10.1 Å². The van der Waals surface area contributed by atoms with Crippen molar-refractivity contribution in [3.05, 3.63) is 57.6 Å². The van der Waals surface area contributed by atoms with E-state index in [1.165, 1.54) is 12.1 Å². The summed E-state index contributed by atoms with van der Waals surface area (Å²) < 4.78 is 6.52. The molecular weight excluding hydrogens is 362 g/mol. The molecule has 2 N–H and O–H groups in total. The van der Waals surface area contributed by atoms with Gasteiger partial charge in [-0.05, 0) is 49.2 Å². The lowest BCUT2D eigenvalue weighted by atomic mass is 10.1. The number of halogens is 1. The van der Waals surface area contributed by atoms with E-state index < -0.39 is 11.9 Å². The second-order valence-corrected chi connectivity index (χ2v) is 5.97. The standard InChI is InChI=1S/C17H16BrNO4/c1-10-7-12(18)8-11(2)16(10)23-9-15(20)19-14-6-4-3-5-13(14)17(21)22/h3-8H,9H2,1-2H3,(H,19,20)(H,21,22). The second kappa shape index (κ2) is 7.28. The minimum absolute atomic E-state index is 0.0388. The van der Waals surface area contributed by atoms with E-state index in [0.29, 0.717) is 5.75 Å². The highest BCUT2D eigenvalue weighted by Gasteiger charge is 2.13. The van der Waals surface area contributed by atoms with Crippen molar-refractivity contribution in [3.8, 4) is 5.75 Å². The smallest absolute Gasteiger partial charge is 0.337 e. The van der Waals surface area contributed by atoms with E-state index in [0.717, 1.165) is 15.6 Å². The Kier molecular flexibility index (Phi) is 5.39. The lowest BCUT2D eigenvalue weighted by Crippen LogP contribution is -2.22. The molecule has 23 heavy (non-hydrogen) atoms. The Morgan fingerprint density at radius 2 is 1.78 bits per heavy atom. The minimum Gasteiger partial charge on any atom is -0.483 e. The third-order valence-electron chi connectivity index (χ3n) is 3.20. The van der Waals surface area contributed by atoms with Crippen molar-refractivity contribution in [1.82, 2.24) is 0 Å². The van der Waals surface area contributed by atoms with E-state index in [-0.39, 0.29) is 17.9 Å². The van der Waals surface area contributed by atoms with Gasteiger partial charge in [-0.15, -0.1) is 0 Å². The maximum absolute atomic E-state index is 12.0. The van der Waals surface area contributed by atoms with Gasteiger partial charge in [0.2, 0.25) is 0 Å². The maximum Gasteiger partial charge on any atom is 0.337 e. The Labute approximate surface area is 142 Å². The summed E-state index contributed by atoms with van der Waals surface area (Å²) in [6.07, 6.45) is 0. The van der Waals surface area contributed by atoms with Gasteiger partial charge >= 0.3 is 5.97 Å². The molecule has 0 aromatic heterocycles. The number of hydrogen-bond acceptors (Lipinski definition) is 3. The number of anilines is 1. The Balaban J connectivity index is 2.06. The zero-order chi connectivity index (χ0) is 17.0. The first-order valence-corrected chi connectivity index (χ1v) is 7.69. The van der Waals surface area contributed by atoms with E-state index in [4.69, 9.17) is 9.84 Å². The fourth-order valence-corrected chi connectivity index (χ4v) is 2.91. The number of amides is 1. The highest BCUT2D eigenvalue weighted by atomic mass is 79.9. The number of benzene rings is 2. The molecule has 0 bridgehead atoms. The van der Waals surface area contributed by atoms with Crippen LogP contribution in [0.4, 0.5) is 5.69 Å². The van der Waals surface area contributed by atoms with Gasteiger partial charge in [-0.2, -0.15) is 0 Å². The Morgan fingerprint density at radius 1 is 1.17 bits per heavy atom. The highest BCUT2D eigenvalue weighted by molar-refractivity contribution is 9.10. The zero-order valence-electron chi connectivity index (χ0n) is 12.7. The fraction of sp³-hybridized carbons (Fsp3) is 0.176. The molecule has 6 heteroatoms. The van der Waals surface area contributed by atoms with Gasteiger partial charge in [-0.25, -0.2) is 4.79 Å². The van der Waals surface area contributed by atoms with Crippen LogP contribution in [0, 0.1) is 13.8 Å². The fourth-order valence-electron chi connectivity index (χ4n) is 2.23. The van der Waals surface area contributed by atoms with Crippen molar-refractivity contribution in [2.24, 2.45) is 0 Å². The third kappa shape index (κ3) is 4.32. The van der Waals surface area contributed by atoms with Crippen molar-refractivity contribution in [1.29, 1.82) is 0 Å². The van der Waals surface area contributed by atoms with Crippen LogP contribution in [-0.2, 0) is 4.79 Å². The molecule has 0 aliphatic carbocycles. The molecule has 0 unspecified atom stereocenters. The molecule has 120 valence electrons. The molecule has 2 aromatic carbocycles. The van der Waals surface area contributed by atoms with E-state index in [1.807, 2.05) is 26.0 Å². The number of carbonyl (C=O) groups excluding carboxylic acids is 1. The molecule has 1 amide bonds. The molecule has 0 atom stereocenters. The van der Waals surface area contributed by atoms with Crippen LogP contribution in [0.1, 0.15) is 21.5 Å². The number of aryl methyl sites for hydroxylation is 2. The summed E-state index contributed by atoms with van der Waals surface area (Å²) in [7, 11) is 0. The topological polar surface area (TPSA) is 75.6 Å². The molecule has 0 aliphatic heterocycles. The molecular formula is C17H16BrNO4. The molecule has 0 saturated carbocycles. The first-order valence-electron chi connectivity index (χ1n) is 6.90. The SMILES string of the molecule is Cc1cc(Br)cc(C)c1OCC(=O)Nc1ccccc1C(=O)O. The Hall–Kier alpha value is -2.34.